The van der Waals surface area contributed by atoms with Crippen molar-refractivity contribution in [1.82, 2.24) is 14.9 Å². The van der Waals surface area contributed by atoms with Crippen molar-refractivity contribution in [3.8, 4) is 11.5 Å². The monoisotopic (exact) mass is 368 g/mol. The SMILES string of the molecule is CCOc1ccc(C=Nn2cnnc2SCc2ccccc2)cc1OC. The molecule has 134 valence electrons. The lowest BCUT2D eigenvalue weighted by molar-refractivity contribution is 0.311. The van der Waals surface area contributed by atoms with Gasteiger partial charge in [0.25, 0.3) is 0 Å². The second-order valence-electron chi connectivity index (χ2n) is 5.32. The highest BCUT2D eigenvalue weighted by Gasteiger charge is 2.06. The van der Waals surface area contributed by atoms with Crippen molar-refractivity contribution in [3.05, 3.63) is 66.0 Å². The van der Waals surface area contributed by atoms with E-state index in [0.29, 0.717) is 12.4 Å². The lowest BCUT2D eigenvalue weighted by Gasteiger charge is -2.09. The zero-order valence-electron chi connectivity index (χ0n) is 14.7. The van der Waals surface area contributed by atoms with Crippen LogP contribution in [0.25, 0.3) is 0 Å². The number of nitrogens with zero attached hydrogens (tertiary/aromatic N) is 4. The van der Waals surface area contributed by atoms with Crippen molar-refractivity contribution in [2.75, 3.05) is 13.7 Å². The van der Waals surface area contributed by atoms with Crippen LogP contribution in [0.1, 0.15) is 18.1 Å². The first-order valence-electron chi connectivity index (χ1n) is 8.22. The first-order valence-corrected chi connectivity index (χ1v) is 9.20. The van der Waals surface area contributed by atoms with E-state index in [-0.39, 0.29) is 0 Å². The minimum Gasteiger partial charge on any atom is -0.493 e. The molecule has 1 heterocycles. The van der Waals surface area contributed by atoms with E-state index in [4.69, 9.17) is 9.47 Å². The van der Waals surface area contributed by atoms with Gasteiger partial charge in [-0.25, -0.2) is 0 Å². The molecule has 3 rings (SSSR count). The first-order chi connectivity index (χ1) is 12.8. The highest BCUT2D eigenvalue weighted by atomic mass is 32.2. The molecule has 0 fully saturated rings. The van der Waals surface area contributed by atoms with Crippen molar-refractivity contribution < 1.29 is 9.47 Å². The third-order valence-electron chi connectivity index (χ3n) is 3.53. The van der Waals surface area contributed by atoms with Gasteiger partial charge in [0.1, 0.15) is 6.33 Å². The molecule has 0 saturated carbocycles. The average molecular weight is 368 g/mol. The van der Waals surface area contributed by atoms with Gasteiger partial charge in [-0.2, -0.15) is 9.78 Å². The fourth-order valence-corrected chi connectivity index (χ4v) is 3.10. The maximum atomic E-state index is 5.53. The summed E-state index contributed by atoms with van der Waals surface area (Å²) in [6.45, 7) is 2.53. The maximum Gasteiger partial charge on any atom is 0.212 e. The number of thioether (sulfide) groups is 1. The summed E-state index contributed by atoms with van der Waals surface area (Å²) in [5.74, 6) is 2.21. The Kier molecular flexibility index (Phi) is 6.27. The molecule has 0 saturated heterocycles. The normalized spacial score (nSPS) is 11.0. The number of aromatic nitrogens is 3. The molecule has 0 aliphatic heterocycles. The molecule has 0 unspecified atom stereocenters. The number of hydrogen-bond acceptors (Lipinski definition) is 6. The van der Waals surface area contributed by atoms with E-state index < -0.39 is 0 Å². The lowest BCUT2D eigenvalue weighted by atomic mass is 10.2. The molecule has 6 nitrogen and oxygen atoms in total. The Morgan fingerprint density at radius 3 is 2.77 bits per heavy atom. The molecule has 0 radical (unpaired) electrons. The van der Waals surface area contributed by atoms with E-state index in [0.717, 1.165) is 22.2 Å². The predicted octanol–water partition coefficient (Wildman–Crippen LogP) is 3.86. The van der Waals surface area contributed by atoms with Crippen LogP contribution in [0, 0.1) is 0 Å². The third-order valence-corrected chi connectivity index (χ3v) is 4.53. The summed E-state index contributed by atoms with van der Waals surface area (Å²) in [5, 5.41) is 13.3. The molecule has 1 aromatic heterocycles. The molecule has 7 heteroatoms. The zero-order valence-corrected chi connectivity index (χ0v) is 15.5. The van der Waals surface area contributed by atoms with Crippen LogP contribution in [0.2, 0.25) is 0 Å². The Morgan fingerprint density at radius 1 is 1.15 bits per heavy atom. The van der Waals surface area contributed by atoms with E-state index >= 15 is 0 Å². The van der Waals surface area contributed by atoms with Gasteiger partial charge in [-0.05, 0) is 36.2 Å². The molecule has 0 aliphatic rings. The molecule has 0 spiro atoms. The standard InChI is InChI=1S/C19H20N4O2S/c1-3-25-17-10-9-16(11-18(17)24-2)12-21-23-14-20-22-19(23)26-13-15-7-5-4-6-8-15/h4-12,14H,3,13H2,1-2H3. The third kappa shape index (κ3) is 4.64. The summed E-state index contributed by atoms with van der Waals surface area (Å²) in [6.07, 6.45) is 3.34. The fourth-order valence-electron chi connectivity index (χ4n) is 2.28. The predicted molar refractivity (Wildman–Crippen MR) is 103 cm³/mol. The minimum atomic E-state index is 0.590. The number of hydrogen-bond donors (Lipinski definition) is 0. The van der Waals surface area contributed by atoms with Crippen LogP contribution in [0.15, 0.2) is 65.1 Å². The van der Waals surface area contributed by atoms with Gasteiger partial charge in [0.15, 0.2) is 11.5 Å². The van der Waals surface area contributed by atoms with Crippen LogP contribution < -0.4 is 9.47 Å². The molecule has 0 atom stereocenters. The Morgan fingerprint density at radius 2 is 2.00 bits per heavy atom. The van der Waals surface area contributed by atoms with Gasteiger partial charge in [0.05, 0.1) is 19.9 Å². The van der Waals surface area contributed by atoms with Gasteiger partial charge in [0, 0.05) is 5.75 Å². The Hall–Kier alpha value is -2.80. The molecule has 0 N–H and O–H groups in total. The van der Waals surface area contributed by atoms with Crippen molar-refractivity contribution in [2.45, 2.75) is 17.8 Å². The van der Waals surface area contributed by atoms with Crippen LogP contribution in [-0.2, 0) is 5.75 Å². The van der Waals surface area contributed by atoms with E-state index in [1.54, 1.807) is 36.1 Å². The highest BCUT2D eigenvalue weighted by molar-refractivity contribution is 7.98. The Bertz CT molecular complexity index is 865. The highest BCUT2D eigenvalue weighted by Crippen LogP contribution is 2.27. The summed E-state index contributed by atoms with van der Waals surface area (Å²) in [5.41, 5.74) is 2.13. The molecule has 0 bridgehead atoms. The maximum absolute atomic E-state index is 5.53. The summed E-state index contributed by atoms with van der Waals surface area (Å²) < 4.78 is 12.6. The van der Waals surface area contributed by atoms with E-state index in [1.165, 1.54) is 5.56 Å². The number of rotatable bonds is 8. The van der Waals surface area contributed by atoms with Crippen molar-refractivity contribution in [1.29, 1.82) is 0 Å². The summed E-state index contributed by atoms with van der Waals surface area (Å²) in [7, 11) is 1.62. The minimum absolute atomic E-state index is 0.590. The molecule has 26 heavy (non-hydrogen) atoms. The van der Waals surface area contributed by atoms with Gasteiger partial charge in [0.2, 0.25) is 5.16 Å². The molecule has 0 aliphatic carbocycles. The molecule has 2 aromatic carbocycles. The summed E-state index contributed by atoms with van der Waals surface area (Å²) in [6, 6.07) is 15.9. The van der Waals surface area contributed by atoms with Gasteiger partial charge in [-0.1, -0.05) is 42.1 Å². The topological polar surface area (TPSA) is 61.5 Å². The van der Waals surface area contributed by atoms with Crippen LogP contribution >= 0.6 is 11.8 Å². The second-order valence-corrected chi connectivity index (χ2v) is 6.26. The van der Waals surface area contributed by atoms with Gasteiger partial charge in [-0.3, -0.25) is 0 Å². The smallest absolute Gasteiger partial charge is 0.212 e. The molecule has 3 aromatic rings. The summed E-state index contributed by atoms with van der Waals surface area (Å²) >= 11 is 1.59. The van der Waals surface area contributed by atoms with E-state index in [1.807, 2.05) is 43.3 Å². The molecule has 0 amide bonds. The fraction of sp³-hybridized carbons (Fsp3) is 0.211. The number of ether oxygens (including phenoxy) is 2. The van der Waals surface area contributed by atoms with E-state index in [9.17, 15) is 0 Å². The summed E-state index contributed by atoms with van der Waals surface area (Å²) in [4.78, 5) is 0. The Balaban J connectivity index is 1.70. The second kappa shape index (κ2) is 9.05. The molecular formula is C19H20N4O2S. The number of benzene rings is 2. The van der Waals surface area contributed by atoms with Crippen LogP contribution in [-0.4, -0.2) is 34.8 Å². The van der Waals surface area contributed by atoms with Crippen LogP contribution in [0.3, 0.4) is 0 Å². The van der Waals surface area contributed by atoms with Gasteiger partial charge >= 0.3 is 0 Å². The van der Waals surface area contributed by atoms with Gasteiger partial charge < -0.3 is 9.47 Å². The van der Waals surface area contributed by atoms with Crippen LogP contribution in [0.4, 0.5) is 0 Å². The zero-order chi connectivity index (χ0) is 18.2. The van der Waals surface area contributed by atoms with Crippen molar-refractivity contribution >= 4 is 18.0 Å². The quantitative estimate of drug-likeness (QED) is 0.446. The lowest BCUT2D eigenvalue weighted by Crippen LogP contribution is -1.97. The van der Waals surface area contributed by atoms with Gasteiger partial charge in [-0.15, -0.1) is 10.2 Å². The van der Waals surface area contributed by atoms with E-state index in [2.05, 4.69) is 27.4 Å². The Labute approximate surface area is 156 Å². The number of methoxy groups -OCH3 is 1. The van der Waals surface area contributed by atoms with Crippen molar-refractivity contribution in [3.63, 3.8) is 0 Å². The largest absolute Gasteiger partial charge is 0.493 e. The first kappa shape index (κ1) is 18.0. The van der Waals surface area contributed by atoms with Crippen LogP contribution in [0.5, 0.6) is 11.5 Å². The van der Waals surface area contributed by atoms with Crippen molar-refractivity contribution in [2.24, 2.45) is 5.10 Å². The average Bonchev–Trinajstić information content (AvgIpc) is 3.14. The molecular weight excluding hydrogens is 348 g/mol.